The monoisotopic (exact) mass is 201 g/mol. The van der Waals surface area contributed by atoms with E-state index in [0.29, 0.717) is 11.5 Å². The van der Waals surface area contributed by atoms with Crippen molar-refractivity contribution < 1.29 is 4.52 Å². The fraction of sp³-hybridized carbons (Fsp3) is 0. The predicted molar refractivity (Wildman–Crippen MR) is 53.2 cm³/mol. The minimum absolute atomic E-state index is 0.436. The number of benzene rings is 1. The summed E-state index contributed by atoms with van der Waals surface area (Å²) in [7, 11) is 0. The molecule has 0 radical (unpaired) electrons. The largest absolute Gasteiger partial charge is 0.342 e. The second-order valence-corrected chi connectivity index (χ2v) is 3.07. The summed E-state index contributed by atoms with van der Waals surface area (Å²) in [6.45, 7) is 0. The van der Waals surface area contributed by atoms with Crippen molar-refractivity contribution in [2.45, 2.75) is 0 Å². The first kappa shape index (κ1) is 7.98. The molecule has 6 nitrogen and oxygen atoms in total. The smallest absolute Gasteiger partial charge is 0.223 e. The van der Waals surface area contributed by atoms with E-state index >= 15 is 0 Å². The molecule has 0 atom stereocenters. The first-order chi connectivity index (χ1) is 7.36. The van der Waals surface area contributed by atoms with Crippen LogP contribution in [0.1, 0.15) is 0 Å². The molecule has 0 spiro atoms. The molecule has 15 heavy (non-hydrogen) atoms. The molecule has 2 aromatic heterocycles. The summed E-state index contributed by atoms with van der Waals surface area (Å²) >= 11 is 0. The SMILES string of the molecule is Nn1nc2ccccc2c1-c1ncon1. The lowest BCUT2D eigenvalue weighted by Gasteiger charge is -1.94. The van der Waals surface area contributed by atoms with Crippen LogP contribution in [0, 0.1) is 0 Å². The van der Waals surface area contributed by atoms with Gasteiger partial charge in [-0.1, -0.05) is 23.4 Å². The van der Waals surface area contributed by atoms with Gasteiger partial charge in [-0.15, -0.1) is 0 Å². The third kappa shape index (κ3) is 1.08. The van der Waals surface area contributed by atoms with Gasteiger partial charge < -0.3 is 10.4 Å². The van der Waals surface area contributed by atoms with E-state index in [0.717, 1.165) is 10.9 Å². The van der Waals surface area contributed by atoms with Gasteiger partial charge in [-0.05, 0) is 6.07 Å². The minimum atomic E-state index is 0.436. The lowest BCUT2D eigenvalue weighted by atomic mass is 10.2. The van der Waals surface area contributed by atoms with E-state index in [1.165, 1.54) is 11.2 Å². The van der Waals surface area contributed by atoms with Crippen LogP contribution in [0.2, 0.25) is 0 Å². The van der Waals surface area contributed by atoms with Gasteiger partial charge in [-0.3, -0.25) is 0 Å². The second-order valence-electron chi connectivity index (χ2n) is 3.07. The summed E-state index contributed by atoms with van der Waals surface area (Å²) in [5.41, 5.74) is 1.46. The Kier molecular flexibility index (Phi) is 1.49. The van der Waals surface area contributed by atoms with Crippen LogP contribution < -0.4 is 5.84 Å². The number of nitrogens with two attached hydrogens (primary N) is 1. The molecule has 3 rings (SSSR count). The van der Waals surface area contributed by atoms with Gasteiger partial charge in [0.05, 0.1) is 5.52 Å². The second kappa shape index (κ2) is 2.81. The highest BCUT2D eigenvalue weighted by atomic mass is 16.5. The molecular formula is C9H7N5O. The van der Waals surface area contributed by atoms with Crippen LogP contribution in [0.25, 0.3) is 22.4 Å². The van der Waals surface area contributed by atoms with Crippen molar-refractivity contribution in [2.75, 3.05) is 5.84 Å². The third-order valence-corrected chi connectivity index (χ3v) is 2.18. The number of fused-ring (bicyclic) bond motifs is 1. The number of nitrogen functional groups attached to an aromatic ring is 1. The Bertz CT molecular complexity index is 598. The number of nitrogens with zero attached hydrogens (tertiary/aromatic N) is 4. The summed E-state index contributed by atoms with van der Waals surface area (Å²) in [6, 6.07) is 7.60. The molecular weight excluding hydrogens is 194 g/mol. The number of hydrogen-bond acceptors (Lipinski definition) is 5. The highest BCUT2D eigenvalue weighted by Gasteiger charge is 2.14. The van der Waals surface area contributed by atoms with E-state index in [1.807, 2.05) is 24.3 Å². The Morgan fingerprint density at radius 1 is 1.27 bits per heavy atom. The van der Waals surface area contributed by atoms with E-state index in [9.17, 15) is 0 Å². The number of aromatic nitrogens is 4. The van der Waals surface area contributed by atoms with Crippen LogP contribution in [0.15, 0.2) is 35.2 Å². The van der Waals surface area contributed by atoms with Gasteiger partial charge in [0.2, 0.25) is 12.2 Å². The maximum atomic E-state index is 5.73. The van der Waals surface area contributed by atoms with Gasteiger partial charge in [0, 0.05) is 5.39 Å². The van der Waals surface area contributed by atoms with E-state index in [2.05, 4.69) is 19.8 Å². The van der Waals surface area contributed by atoms with E-state index < -0.39 is 0 Å². The normalized spacial score (nSPS) is 10.9. The molecule has 0 saturated heterocycles. The number of rotatable bonds is 1. The van der Waals surface area contributed by atoms with Crippen molar-refractivity contribution in [1.29, 1.82) is 0 Å². The maximum absolute atomic E-state index is 5.73. The summed E-state index contributed by atoms with van der Waals surface area (Å²) in [4.78, 5) is 5.21. The van der Waals surface area contributed by atoms with Crippen LogP contribution in [0.3, 0.4) is 0 Å². The van der Waals surface area contributed by atoms with Crippen molar-refractivity contribution in [3.63, 3.8) is 0 Å². The van der Waals surface area contributed by atoms with Gasteiger partial charge in [-0.2, -0.15) is 14.9 Å². The summed E-state index contributed by atoms with van der Waals surface area (Å²) < 4.78 is 4.68. The molecule has 74 valence electrons. The van der Waals surface area contributed by atoms with Crippen LogP contribution in [-0.4, -0.2) is 20.0 Å². The van der Waals surface area contributed by atoms with Crippen molar-refractivity contribution in [3.8, 4) is 11.5 Å². The van der Waals surface area contributed by atoms with Gasteiger partial charge in [0.1, 0.15) is 5.69 Å². The van der Waals surface area contributed by atoms with E-state index in [1.54, 1.807) is 0 Å². The Morgan fingerprint density at radius 3 is 2.93 bits per heavy atom. The Hall–Kier alpha value is -2.37. The highest BCUT2D eigenvalue weighted by molar-refractivity contribution is 5.91. The Balaban J connectivity index is 2.39. The molecule has 0 saturated carbocycles. The minimum Gasteiger partial charge on any atom is -0.342 e. The fourth-order valence-electron chi connectivity index (χ4n) is 1.55. The molecule has 0 fully saturated rings. The molecule has 0 aliphatic heterocycles. The molecule has 0 aliphatic rings. The molecule has 2 N–H and O–H groups in total. The predicted octanol–water partition coefficient (Wildman–Crippen LogP) is 0.800. The quantitative estimate of drug-likeness (QED) is 0.589. The average molecular weight is 201 g/mol. The van der Waals surface area contributed by atoms with E-state index in [4.69, 9.17) is 5.84 Å². The molecule has 6 heteroatoms. The van der Waals surface area contributed by atoms with Gasteiger partial charge in [0.25, 0.3) is 0 Å². The zero-order chi connectivity index (χ0) is 10.3. The molecule has 3 aromatic rings. The van der Waals surface area contributed by atoms with E-state index in [-0.39, 0.29) is 0 Å². The van der Waals surface area contributed by atoms with Gasteiger partial charge in [-0.25, -0.2) is 0 Å². The zero-order valence-electron chi connectivity index (χ0n) is 7.66. The Labute approximate surface area is 84.3 Å². The summed E-state index contributed by atoms with van der Waals surface area (Å²) in [5, 5.41) is 8.79. The van der Waals surface area contributed by atoms with Gasteiger partial charge in [0.15, 0.2) is 0 Å². The number of hydrogen-bond donors (Lipinski definition) is 1. The Morgan fingerprint density at radius 2 is 2.13 bits per heavy atom. The van der Waals surface area contributed by atoms with Crippen molar-refractivity contribution >= 4 is 10.9 Å². The van der Waals surface area contributed by atoms with Crippen LogP contribution in [0.5, 0.6) is 0 Å². The first-order valence-corrected chi connectivity index (χ1v) is 4.36. The first-order valence-electron chi connectivity index (χ1n) is 4.36. The molecule has 0 bridgehead atoms. The van der Waals surface area contributed by atoms with Crippen molar-refractivity contribution in [2.24, 2.45) is 0 Å². The lowest BCUT2D eigenvalue weighted by molar-refractivity contribution is 0.418. The summed E-state index contributed by atoms with van der Waals surface area (Å²) in [6.07, 6.45) is 1.26. The van der Waals surface area contributed by atoms with Crippen molar-refractivity contribution in [1.82, 2.24) is 20.0 Å². The molecule has 0 unspecified atom stereocenters. The van der Waals surface area contributed by atoms with Crippen LogP contribution in [-0.2, 0) is 0 Å². The van der Waals surface area contributed by atoms with Crippen LogP contribution >= 0.6 is 0 Å². The highest BCUT2D eigenvalue weighted by Crippen LogP contribution is 2.24. The maximum Gasteiger partial charge on any atom is 0.223 e. The molecule has 0 aliphatic carbocycles. The zero-order valence-corrected chi connectivity index (χ0v) is 7.66. The molecule has 2 heterocycles. The standard InChI is InChI=1S/C9H7N5O/c10-14-8(9-11-5-15-13-9)6-3-1-2-4-7(6)12-14/h1-5H,10H2. The third-order valence-electron chi connectivity index (χ3n) is 2.18. The average Bonchev–Trinajstić information content (AvgIpc) is 2.82. The van der Waals surface area contributed by atoms with Gasteiger partial charge >= 0.3 is 0 Å². The van der Waals surface area contributed by atoms with Crippen molar-refractivity contribution in [3.05, 3.63) is 30.7 Å². The topological polar surface area (TPSA) is 82.8 Å². The fourth-order valence-corrected chi connectivity index (χ4v) is 1.55. The lowest BCUT2D eigenvalue weighted by Crippen LogP contribution is -2.11. The van der Waals surface area contributed by atoms with Crippen LogP contribution in [0.4, 0.5) is 0 Å². The molecule has 1 aromatic carbocycles. The summed E-state index contributed by atoms with van der Waals surface area (Å²) in [5.74, 6) is 6.16. The molecule has 0 amide bonds.